The standard InChI is InChI=1S/C21H22N4O/c1-12-9-13(2)11-14(10-12)16-7-4-8-17-18(22)20(25-24-19(16)17)21(26)23-15-5-3-6-15/h4,7-11,15H,3,5-6H2,1-2H3,(H2,22,24)(H,23,26). The van der Waals surface area contributed by atoms with E-state index < -0.39 is 0 Å². The monoisotopic (exact) mass is 346 g/mol. The molecule has 0 atom stereocenters. The summed E-state index contributed by atoms with van der Waals surface area (Å²) in [6.45, 7) is 4.15. The van der Waals surface area contributed by atoms with Gasteiger partial charge in [0.1, 0.15) is 5.52 Å². The maximum absolute atomic E-state index is 12.5. The van der Waals surface area contributed by atoms with Gasteiger partial charge >= 0.3 is 0 Å². The molecule has 5 nitrogen and oxygen atoms in total. The largest absolute Gasteiger partial charge is 0.396 e. The first kappa shape index (κ1) is 16.5. The second-order valence-electron chi connectivity index (χ2n) is 7.14. The van der Waals surface area contributed by atoms with Crippen LogP contribution in [-0.4, -0.2) is 22.1 Å². The van der Waals surface area contributed by atoms with E-state index in [1.165, 1.54) is 11.1 Å². The van der Waals surface area contributed by atoms with Crippen LogP contribution in [0.25, 0.3) is 22.0 Å². The summed E-state index contributed by atoms with van der Waals surface area (Å²) in [6.07, 6.45) is 3.19. The molecule has 1 saturated carbocycles. The fraction of sp³-hybridized carbons (Fsp3) is 0.286. The van der Waals surface area contributed by atoms with Crippen molar-refractivity contribution in [3.8, 4) is 11.1 Å². The molecule has 0 saturated heterocycles. The molecule has 1 aliphatic carbocycles. The highest BCUT2D eigenvalue weighted by molar-refractivity contribution is 6.07. The number of amides is 1. The normalized spacial score (nSPS) is 14.2. The van der Waals surface area contributed by atoms with Crippen molar-refractivity contribution in [2.45, 2.75) is 39.2 Å². The minimum Gasteiger partial charge on any atom is -0.396 e. The molecular formula is C21H22N4O. The number of hydrogen-bond acceptors (Lipinski definition) is 4. The summed E-state index contributed by atoms with van der Waals surface area (Å²) in [4.78, 5) is 12.5. The van der Waals surface area contributed by atoms with Crippen LogP contribution in [0.5, 0.6) is 0 Å². The zero-order valence-corrected chi connectivity index (χ0v) is 15.0. The fourth-order valence-corrected chi connectivity index (χ4v) is 3.49. The molecule has 0 spiro atoms. The maximum Gasteiger partial charge on any atom is 0.274 e. The Morgan fingerprint density at radius 3 is 2.50 bits per heavy atom. The second-order valence-corrected chi connectivity index (χ2v) is 7.14. The first-order chi connectivity index (χ1) is 12.5. The van der Waals surface area contributed by atoms with Gasteiger partial charge in [-0.25, -0.2) is 0 Å². The van der Waals surface area contributed by atoms with E-state index in [2.05, 4.69) is 47.6 Å². The Kier molecular flexibility index (Phi) is 4.07. The third-order valence-electron chi connectivity index (χ3n) is 5.02. The highest BCUT2D eigenvalue weighted by Gasteiger charge is 2.23. The summed E-state index contributed by atoms with van der Waals surface area (Å²) in [5, 5.41) is 12.3. The number of anilines is 1. The minimum absolute atomic E-state index is 0.210. The summed E-state index contributed by atoms with van der Waals surface area (Å²) >= 11 is 0. The van der Waals surface area contributed by atoms with Crippen LogP contribution in [0, 0.1) is 13.8 Å². The quantitative estimate of drug-likeness (QED) is 0.756. The third-order valence-corrected chi connectivity index (χ3v) is 5.02. The molecule has 0 bridgehead atoms. The highest BCUT2D eigenvalue weighted by Crippen LogP contribution is 2.32. The molecule has 1 aliphatic rings. The van der Waals surface area contributed by atoms with Gasteiger partial charge in [0.05, 0.1) is 5.69 Å². The van der Waals surface area contributed by atoms with Crippen LogP contribution in [0.1, 0.15) is 40.9 Å². The van der Waals surface area contributed by atoms with Crippen molar-refractivity contribution in [3.05, 3.63) is 53.2 Å². The van der Waals surface area contributed by atoms with Crippen LogP contribution in [0.3, 0.4) is 0 Å². The van der Waals surface area contributed by atoms with Gasteiger partial charge in [-0.1, -0.05) is 47.5 Å². The summed E-state index contributed by atoms with van der Waals surface area (Å²) < 4.78 is 0. The lowest BCUT2D eigenvalue weighted by Gasteiger charge is -2.26. The van der Waals surface area contributed by atoms with Crippen LogP contribution in [0.15, 0.2) is 36.4 Å². The molecule has 5 heteroatoms. The number of hydrogen-bond donors (Lipinski definition) is 2. The molecule has 26 heavy (non-hydrogen) atoms. The molecule has 0 radical (unpaired) electrons. The average molecular weight is 346 g/mol. The fourth-order valence-electron chi connectivity index (χ4n) is 3.49. The molecule has 0 unspecified atom stereocenters. The lowest BCUT2D eigenvalue weighted by molar-refractivity contribution is 0.0912. The number of carbonyl (C=O) groups is 1. The van der Waals surface area contributed by atoms with E-state index in [0.717, 1.165) is 41.3 Å². The molecule has 1 aromatic heterocycles. The van der Waals surface area contributed by atoms with Crippen LogP contribution in [0.4, 0.5) is 5.69 Å². The van der Waals surface area contributed by atoms with Gasteiger partial charge in [-0.15, -0.1) is 10.2 Å². The number of aryl methyl sites for hydroxylation is 2. The molecule has 4 rings (SSSR count). The van der Waals surface area contributed by atoms with Crippen LogP contribution >= 0.6 is 0 Å². The van der Waals surface area contributed by atoms with Gasteiger partial charge in [-0.05, 0) is 38.7 Å². The molecule has 132 valence electrons. The van der Waals surface area contributed by atoms with Crippen molar-refractivity contribution in [1.29, 1.82) is 0 Å². The number of carbonyl (C=O) groups excluding carboxylic acids is 1. The predicted octanol–water partition coefficient (Wildman–Crippen LogP) is 3.78. The minimum atomic E-state index is -0.238. The van der Waals surface area contributed by atoms with Gasteiger partial charge in [0.25, 0.3) is 5.91 Å². The van der Waals surface area contributed by atoms with Gasteiger partial charge in [0.2, 0.25) is 0 Å². The van der Waals surface area contributed by atoms with E-state index in [9.17, 15) is 4.79 Å². The molecule has 2 aromatic carbocycles. The summed E-state index contributed by atoms with van der Waals surface area (Å²) in [5.41, 5.74) is 12.0. The SMILES string of the molecule is Cc1cc(C)cc(-c2cccc3c(N)c(C(=O)NC4CCC4)nnc23)c1. The molecule has 1 heterocycles. The summed E-state index contributed by atoms with van der Waals surface area (Å²) in [7, 11) is 0. The van der Waals surface area contributed by atoms with E-state index in [4.69, 9.17) is 5.73 Å². The second kappa shape index (κ2) is 6.41. The van der Waals surface area contributed by atoms with E-state index >= 15 is 0 Å². The Bertz CT molecular complexity index is 988. The van der Waals surface area contributed by atoms with Gasteiger partial charge in [0.15, 0.2) is 5.69 Å². The molecule has 0 aliphatic heterocycles. The van der Waals surface area contributed by atoms with E-state index in [-0.39, 0.29) is 17.6 Å². The number of nitrogens with one attached hydrogen (secondary N) is 1. The summed E-state index contributed by atoms with van der Waals surface area (Å²) in [6, 6.07) is 12.5. The topological polar surface area (TPSA) is 80.9 Å². The van der Waals surface area contributed by atoms with Gasteiger partial charge in [-0.2, -0.15) is 0 Å². The molecule has 1 fully saturated rings. The van der Waals surface area contributed by atoms with Gasteiger partial charge in [-0.3, -0.25) is 4.79 Å². The zero-order chi connectivity index (χ0) is 18.3. The number of nitrogen functional groups attached to an aromatic ring is 1. The van der Waals surface area contributed by atoms with Gasteiger partial charge < -0.3 is 11.1 Å². The van der Waals surface area contributed by atoms with Crippen molar-refractivity contribution in [3.63, 3.8) is 0 Å². The van der Waals surface area contributed by atoms with Gasteiger partial charge in [0, 0.05) is 17.0 Å². The summed E-state index contributed by atoms with van der Waals surface area (Å²) in [5.74, 6) is -0.238. The Balaban J connectivity index is 1.80. The lowest BCUT2D eigenvalue weighted by atomic mass is 9.93. The highest BCUT2D eigenvalue weighted by atomic mass is 16.2. The number of nitrogens with two attached hydrogens (primary N) is 1. The first-order valence-corrected chi connectivity index (χ1v) is 8.97. The van der Waals surface area contributed by atoms with E-state index in [1.54, 1.807) is 0 Å². The average Bonchev–Trinajstić information content (AvgIpc) is 2.57. The molecule has 3 aromatic rings. The Morgan fingerprint density at radius 2 is 1.85 bits per heavy atom. The Labute approximate surface area is 152 Å². The first-order valence-electron chi connectivity index (χ1n) is 8.97. The third kappa shape index (κ3) is 2.90. The van der Waals surface area contributed by atoms with E-state index in [1.807, 2.05) is 18.2 Å². The van der Waals surface area contributed by atoms with Crippen LogP contribution < -0.4 is 11.1 Å². The number of aromatic nitrogens is 2. The van der Waals surface area contributed by atoms with Crippen molar-refractivity contribution in [2.75, 3.05) is 5.73 Å². The molecular weight excluding hydrogens is 324 g/mol. The Morgan fingerprint density at radius 1 is 1.12 bits per heavy atom. The molecule has 3 N–H and O–H groups in total. The number of rotatable bonds is 3. The lowest BCUT2D eigenvalue weighted by Crippen LogP contribution is -2.40. The van der Waals surface area contributed by atoms with Crippen molar-refractivity contribution in [2.24, 2.45) is 0 Å². The number of fused-ring (bicyclic) bond motifs is 1. The number of benzene rings is 2. The van der Waals surface area contributed by atoms with Crippen LogP contribution in [-0.2, 0) is 0 Å². The maximum atomic E-state index is 12.5. The predicted molar refractivity (Wildman–Crippen MR) is 104 cm³/mol. The van der Waals surface area contributed by atoms with Crippen molar-refractivity contribution >= 4 is 22.5 Å². The smallest absolute Gasteiger partial charge is 0.274 e. The molecule has 1 amide bonds. The number of nitrogens with zero attached hydrogens (tertiary/aromatic N) is 2. The van der Waals surface area contributed by atoms with Crippen molar-refractivity contribution < 1.29 is 4.79 Å². The Hall–Kier alpha value is -2.95. The van der Waals surface area contributed by atoms with E-state index in [0.29, 0.717) is 5.69 Å². The van der Waals surface area contributed by atoms with Crippen molar-refractivity contribution in [1.82, 2.24) is 15.5 Å². The van der Waals surface area contributed by atoms with Crippen LogP contribution in [0.2, 0.25) is 0 Å². The zero-order valence-electron chi connectivity index (χ0n) is 15.0.